The fourth-order valence-electron chi connectivity index (χ4n) is 2.86. The van der Waals surface area contributed by atoms with Crippen molar-refractivity contribution in [3.63, 3.8) is 0 Å². The highest BCUT2D eigenvalue weighted by Crippen LogP contribution is 2.45. The summed E-state index contributed by atoms with van der Waals surface area (Å²) in [5.41, 5.74) is 3.31. The molecule has 1 unspecified atom stereocenters. The summed E-state index contributed by atoms with van der Waals surface area (Å²) in [5, 5.41) is 3.34. The Bertz CT molecular complexity index is 641. The molecule has 0 fully saturated rings. The molecule has 1 heterocycles. The monoisotopic (exact) mass is 307 g/mol. The molecule has 1 aliphatic rings. The third-order valence-electron chi connectivity index (χ3n) is 3.98. The SMILES string of the molecule is CON1CC(C)(c2ccc(Cl)cc2)c2ccc(Cl)cc21. The third kappa shape index (κ3) is 2.08. The van der Waals surface area contributed by atoms with Crippen molar-refractivity contribution in [2.24, 2.45) is 0 Å². The van der Waals surface area contributed by atoms with Crippen LogP contribution < -0.4 is 5.06 Å². The average molecular weight is 308 g/mol. The molecular weight excluding hydrogens is 293 g/mol. The van der Waals surface area contributed by atoms with Crippen LogP contribution in [0.2, 0.25) is 10.0 Å². The molecule has 2 aromatic carbocycles. The number of rotatable bonds is 2. The van der Waals surface area contributed by atoms with Gasteiger partial charge in [0.1, 0.15) is 0 Å². The first kappa shape index (κ1) is 13.7. The molecular formula is C16H15Cl2NO. The molecule has 0 saturated carbocycles. The highest BCUT2D eigenvalue weighted by Gasteiger charge is 2.40. The lowest BCUT2D eigenvalue weighted by Crippen LogP contribution is -2.31. The lowest BCUT2D eigenvalue weighted by atomic mass is 9.78. The van der Waals surface area contributed by atoms with Crippen molar-refractivity contribution >= 4 is 28.9 Å². The average Bonchev–Trinajstić information content (AvgIpc) is 2.73. The Hall–Kier alpha value is -1.22. The lowest BCUT2D eigenvalue weighted by Gasteiger charge is -2.26. The van der Waals surface area contributed by atoms with Gasteiger partial charge in [-0.25, -0.2) is 0 Å². The maximum atomic E-state index is 6.11. The number of halogens is 2. The van der Waals surface area contributed by atoms with Gasteiger partial charge in [-0.3, -0.25) is 9.90 Å². The molecule has 0 bridgehead atoms. The normalized spacial score (nSPS) is 21.1. The van der Waals surface area contributed by atoms with E-state index in [2.05, 4.69) is 25.1 Å². The number of fused-ring (bicyclic) bond motifs is 1. The molecule has 0 radical (unpaired) electrons. The van der Waals surface area contributed by atoms with Crippen LogP contribution in [0.25, 0.3) is 0 Å². The van der Waals surface area contributed by atoms with Gasteiger partial charge in [0, 0.05) is 15.5 Å². The smallest absolute Gasteiger partial charge is 0.0693 e. The molecule has 0 amide bonds. The number of nitrogens with zero attached hydrogens (tertiary/aromatic N) is 1. The number of hydrogen-bond acceptors (Lipinski definition) is 2. The van der Waals surface area contributed by atoms with Gasteiger partial charge in [-0.15, -0.1) is 0 Å². The van der Waals surface area contributed by atoms with E-state index >= 15 is 0 Å². The van der Waals surface area contributed by atoms with Crippen LogP contribution >= 0.6 is 23.2 Å². The van der Waals surface area contributed by atoms with Crippen molar-refractivity contribution < 1.29 is 4.84 Å². The van der Waals surface area contributed by atoms with Gasteiger partial charge in [-0.05, 0) is 42.3 Å². The van der Waals surface area contributed by atoms with E-state index in [0.29, 0.717) is 5.02 Å². The van der Waals surface area contributed by atoms with Gasteiger partial charge in [0.05, 0.1) is 19.3 Å². The van der Waals surface area contributed by atoms with E-state index in [1.807, 2.05) is 29.3 Å². The summed E-state index contributed by atoms with van der Waals surface area (Å²) in [6, 6.07) is 13.9. The summed E-state index contributed by atoms with van der Waals surface area (Å²) in [7, 11) is 1.68. The van der Waals surface area contributed by atoms with Crippen LogP contribution in [0.1, 0.15) is 18.1 Å². The van der Waals surface area contributed by atoms with E-state index in [0.717, 1.165) is 17.3 Å². The Kier molecular flexibility index (Phi) is 3.41. The quantitative estimate of drug-likeness (QED) is 0.798. The summed E-state index contributed by atoms with van der Waals surface area (Å²) < 4.78 is 0. The van der Waals surface area contributed by atoms with Crippen LogP contribution in [0.5, 0.6) is 0 Å². The van der Waals surface area contributed by atoms with Gasteiger partial charge in [-0.1, -0.05) is 41.4 Å². The summed E-state index contributed by atoms with van der Waals surface area (Å²) >= 11 is 12.1. The molecule has 0 N–H and O–H groups in total. The van der Waals surface area contributed by atoms with Crippen molar-refractivity contribution in [1.29, 1.82) is 0 Å². The Morgan fingerprint density at radius 3 is 2.35 bits per heavy atom. The first-order valence-electron chi connectivity index (χ1n) is 6.42. The number of hydrogen-bond donors (Lipinski definition) is 0. The second-order valence-corrected chi connectivity index (χ2v) is 6.09. The molecule has 3 rings (SSSR count). The summed E-state index contributed by atoms with van der Waals surface area (Å²) in [6.45, 7) is 2.96. The molecule has 0 spiro atoms. The Labute approximate surface area is 128 Å². The van der Waals surface area contributed by atoms with E-state index in [-0.39, 0.29) is 5.41 Å². The van der Waals surface area contributed by atoms with Gasteiger partial charge in [-0.2, -0.15) is 0 Å². The summed E-state index contributed by atoms with van der Waals surface area (Å²) in [4.78, 5) is 5.48. The predicted octanol–water partition coefficient (Wildman–Crippen LogP) is 4.68. The first-order valence-corrected chi connectivity index (χ1v) is 7.18. The van der Waals surface area contributed by atoms with Gasteiger partial charge in [0.15, 0.2) is 0 Å². The van der Waals surface area contributed by atoms with Crippen LogP contribution in [0.4, 0.5) is 5.69 Å². The predicted molar refractivity (Wildman–Crippen MR) is 83.7 cm³/mol. The number of benzene rings is 2. The van der Waals surface area contributed by atoms with Gasteiger partial charge < -0.3 is 0 Å². The number of anilines is 1. The fraction of sp³-hybridized carbons (Fsp3) is 0.250. The van der Waals surface area contributed by atoms with E-state index in [1.165, 1.54) is 11.1 Å². The van der Waals surface area contributed by atoms with Gasteiger partial charge in [0.2, 0.25) is 0 Å². The summed E-state index contributed by atoms with van der Waals surface area (Å²) in [5.74, 6) is 0. The zero-order valence-electron chi connectivity index (χ0n) is 11.4. The van der Waals surface area contributed by atoms with Crippen LogP contribution in [0.3, 0.4) is 0 Å². The summed E-state index contributed by atoms with van der Waals surface area (Å²) in [6.07, 6.45) is 0. The molecule has 2 nitrogen and oxygen atoms in total. The molecule has 1 atom stereocenters. The molecule has 0 aromatic heterocycles. The molecule has 0 aliphatic carbocycles. The van der Waals surface area contributed by atoms with Crippen molar-refractivity contribution in [1.82, 2.24) is 0 Å². The highest BCUT2D eigenvalue weighted by molar-refractivity contribution is 6.31. The minimum absolute atomic E-state index is 0.138. The van der Waals surface area contributed by atoms with Crippen molar-refractivity contribution in [3.05, 3.63) is 63.6 Å². The Morgan fingerprint density at radius 2 is 1.70 bits per heavy atom. The largest absolute Gasteiger partial charge is 0.277 e. The van der Waals surface area contributed by atoms with Crippen molar-refractivity contribution in [2.75, 3.05) is 18.7 Å². The number of hydroxylamine groups is 1. The van der Waals surface area contributed by atoms with Crippen molar-refractivity contribution in [3.8, 4) is 0 Å². The van der Waals surface area contributed by atoms with E-state index < -0.39 is 0 Å². The second-order valence-electron chi connectivity index (χ2n) is 5.22. The van der Waals surface area contributed by atoms with Gasteiger partial charge in [0.25, 0.3) is 0 Å². The lowest BCUT2D eigenvalue weighted by molar-refractivity contribution is 0.165. The molecule has 1 aliphatic heterocycles. The van der Waals surface area contributed by atoms with Crippen LogP contribution in [0, 0.1) is 0 Å². The molecule has 4 heteroatoms. The first-order chi connectivity index (χ1) is 9.54. The maximum Gasteiger partial charge on any atom is 0.0693 e. The zero-order valence-corrected chi connectivity index (χ0v) is 12.9. The standard InChI is InChI=1S/C16H15Cl2NO/c1-16(11-3-5-12(17)6-4-11)10-19(20-2)15-9-13(18)7-8-14(15)16/h3-9H,10H2,1-2H3. The van der Waals surface area contributed by atoms with Crippen LogP contribution in [-0.2, 0) is 10.3 Å². The van der Waals surface area contributed by atoms with Crippen LogP contribution in [-0.4, -0.2) is 13.7 Å². The fourth-order valence-corrected chi connectivity index (χ4v) is 3.16. The topological polar surface area (TPSA) is 12.5 Å². The van der Waals surface area contributed by atoms with E-state index in [4.69, 9.17) is 28.0 Å². The minimum Gasteiger partial charge on any atom is -0.277 e. The zero-order chi connectivity index (χ0) is 14.3. The molecule has 2 aromatic rings. The highest BCUT2D eigenvalue weighted by atomic mass is 35.5. The molecule has 0 saturated heterocycles. The maximum absolute atomic E-state index is 6.11. The van der Waals surface area contributed by atoms with Crippen LogP contribution in [0.15, 0.2) is 42.5 Å². The second kappa shape index (κ2) is 4.96. The van der Waals surface area contributed by atoms with E-state index in [9.17, 15) is 0 Å². The minimum atomic E-state index is -0.138. The third-order valence-corrected chi connectivity index (χ3v) is 4.47. The Morgan fingerprint density at radius 1 is 1.05 bits per heavy atom. The molecule has 20 heavy (non-hydrogen) atoms. The van der Waals surface area contributed by atoms with Crippen molar-refractivity contribution in [2.45, 2.75) is 12.3 Å². The Balaban J connectivity index is 2.14. The molecule has 104 valence electrons. The van der Waals surface area contributed by atoms with Gasteiger partial charge >= 0.3 is 0 Å². The van der Waals surface area contributed by atoms with E-state index in [1.54, 1.807) is 7.11 Å².